The summed E-state index contributed by atoms with van der Waals surface area (Å²) in [7, 11) is 0. The third-order valence-electron chi connectivity index (χ3n) is 4.68. The molecule has 1 aromatic heterocycles. The highest BCUT2D eigenvalue weighted by molar-refractivity contribution is 5.94. The van der Waals surface area contributed by atoms with Crippen LogP contribution in [0.4, 0.5) is 15.8 Å². The van der Waals surface area contributed by atoms with Crippen molar-refractivity contribution in [3.63, 3.8) is 0 Å². The van der Waals surface area contributed by atoms with E-state index in [0.29, 0.717) is 30.2 Å². The Morgan fingerprint density at radius 2 is 2.05 bits per heavy atom. The second-order valence-corrected chi connectivity index (χ2v) is 6.33. The van der Waals surface area contributed by atoms with Gasteiger partial charge < -0.3 is 20.9 Å². The summed E-state index contributed by atoms with van der Waals surface area (Å²) in [5, 5.41) is 0.291. The van der Waals surface area contributed by atoms with Crippen molar-refractivity contribution >= 4 is 22.3 Å². The number of anilines is 2. The van der Waals surface area contributed by atoms with Gasteiger partial charge in [-0.2, -0.15) is 0 Å². The first-order valence-electron chi connectivity index (χ1n) is 7.69. The lowest BCUT2D eigenvalue weighted by Gasteiger charge is -2.22. The Morgan fingerprint density at radius 1 is 1.27 bits per heavy atom. The summed E-state index contributed by atoms with van der Waals surface area (Å²) in [5.41, 5.74) is 12.8. The highest BCUT2D eigenvalue weighted by atomic mass is 19.1. The van der Waals surface area contributed by atoms with Crippen LogP contribution in [0.1, 0.15) is 25.3 Å². The summed E-state index contributed by atoms with van der Waals surface area (Å²) < 4.78 is 16.7. The van der Waals surface area contributed by atoms with E-state index in [1.54, 1.807) is 12.3 Å². The number of rotatable bonds is 2. The van der Waals surface area contributed by atoms with Gasteiger partial charge in [0.1, 0.15) is 0 Å². The summed E-state index contributed by atoms with van der Waals surface area (Å²) in [5.74, 6) is -0.507. The maximum absolute atomic E-state index is 14.7. The van der Waals surface area contributed by atoms with Crippen molar-refractivity contribution in [3.05, 3.63) is 34.4 Å². The molecule has 0 spiro atoms. The molecule has 4 rings (SSSR count). The van der Waals surface area contributed by atoms with Gasteiger partial charge in [0, 0.05) is 37.4 Å². The third-order valence-corrected chi connectivity index (χ3v) is 4.68. The van der Waals surface area contributed by atoms with Gasteiger partial charge in [0.25, 0.3) is 0 Å². The summed E-state index contributed by atoms with van der Waals surface area (Å²) in [6.07, 6.45) is 4.79. The van der Waals surface area contributed by atoms with E-state index in [1.807, 2.05) is 9.47 Å². The van der Waals surface area contributed by atoms with Crippen LogP contribution in [0.2, 0.25) is 0 Å². The fraction of sp³-hybridized carbons (Fsp3) is 0.438. The minimum absolute atomic E-state index is 0.0482. The van der Waals surface area contributed by atoms with Crippen LogP contribution < -0.4 is 21.8 Å². The smallest absolute Gasteiger partial charge is 0.191 e. The number of nitrogens with two attached hydrogens (primary N) is 2. The molecule has 1 saturated heterocycles. The van der Waals surface area contributed by atoms with E-state index in [9.17, 15) is 9.18 Å². The fourth-order valence-corrected chi connectivity index (χ4v) is 3.33. The van der Waals surface area contributed by atoms with Gasteiger partial charge in [0.05, 0.1) is 22.3 Å². The first kappa shape index (κ1) is 13.6. The zero-order valence-corrected chi connectivity index (χ0v) is 12.3. The lowest BCUT2D eigenvalue weighted by Crippen LogP contribution is -2.27. The predicted octanol–water partition coefficient (Wildman–Crippen LogP) is 1.60. The van der Waals surface area contributed by atoms with E-state index >= 15 is 0 Å². The van der Waals surface area contributed by atoms with Crippen LogP contribution in [0.25, 0.3) is 10.9 Å². The van der Waals surface area contributed by atoms with Crippen LogP contribution >= 0.6 is 0 Å². The second-order valence-electron chi connectivity index (χ2n) is 6.33. The maximum atomic E-state index is 14.7. The maximum Gasteiger partial charge on any atom is 0.191 e. The van der Waals surface area contributed by atoms with Crippen molar-refractivity contribution in [3.8, 4) is 0 Å². The molecule has 1 aliphatic carbocycles. The monoisotopic (exact) mass is 302 g/mol. The average Bonchev–Trinajstić information content (AvgIpc) is 3.24. The zero-order chi connectivity index (χ0) is 15.4. The van der Waals surface area contributed by atoms with Gasteiger partial charge in [-0.3, -0.25) is 4.79 Å². The Morgan fingerprint density at radius 3 is 2.68 bits per heavy atom. The molecule has 0 radical (unpaired) electrons. The molecular formula is C16H19FN4O. The largest absolute Gasteiger partial charge is 0.396 e. The van der Waals surface area contributed by atoms with Gasteiger partial charge in [-0.15, -0.1) is 0 Å². The van der Waals surface area contributed by atoms with Gasteiger partial charge in [-0.25, -0.2) is 4.39 Å². The molecule has 22 heavy (non-hydrogen) atoms. The van der Waals surface area contributed by atoms with Gasteiger partial charge in [0.15, 0.2) is 11.2 Å². The molecule has 1 saturated carbocycles. The van der Waals surface area contributed by atoms with E-state index in [4.69, 9.17) is 11.5 Å². The van der Waals surface area contributed by atoms with Gasteiger partial charge >= 0.3 is 0 Å². The van der Waals surface area contributed by atoms with E-state index in [1.165, 1.54) is 6.07 Å². The number of fused-ring (bicyclic) bond motifs is 1. The predicted molar refractivity (Wildman–Crippen MR) is 85.7 cm³/mol. The molecule has 5 nitrogen and oxygen atoms in total. The molecular weight excluding hydrogens is 283 g/mol. The van der Waals surface area contributed by atoms with Crippen molar-refractivity contribution in [2.24, 2.45) is 5.73 Å². The lowest BCUT2D eigenvalue weighted by atomic mass is 10.1. The Hall–Kier alpha value is -2.08. The SMILES string of the molecule is Nc1c(F)c(N2CC[C@H](N)C2)cc2c1c(=O)ccn2C1CC1. The number of pyridine rings is 1. The summed E-state index contributed by atoms with van der Waals surface area (Å²) in [6.45, 7) is 1.33. The van der Waals surface area contributed by atoms with Crippen LogP contribution in [0.5, 0.6) is 0 Å². The second kappa shape index (κ2) is 4.71. The minimum Gasteiger partial charge on any atom is -0.396 e. The molecule has 2 aliphatic rings. The van der Waals surface area contributed by atoms with E-state index < -0.39 is 5.82 Å². The molecule has 6 heteroatoms. The Balaban J connectivity index is 1.97. The number of hydrogen-bond acceptors (Lipinski definition) is 4. The Labute approximate surface area is 127 Å². The molecule has 0 unspecified atom stereocenters. The highest BCUT2D eigenvalue weighted by Crippen LogP contribution is 2.39. The van der Waals surface area contributed by atoms with Gasteiger partial charge in [0.2, 0.25) is 0 Å². The highest BCUT2D eigenvalue weighted by Gasteiger charge is 2.28. The number of benzene rings is 1. The minimum atomic E-state index is -0.507. The summed E-state index contributed by atoms with van der Waals surface area (Å²) in [4.78, 5) is 14.1. The average molecular weight is 302 g/mol. The standard InChI is InChI=1S/C16H19FN4O/c17-15-12(20-5-3-9(18)8-20)7-11-14(16(15)19)13(22)4-6-21(11)10-1-2-10/h4,6-7,9-10H,1-3,5,8,18-19H2/t9-/m0/s1. The molecule has 2 fully saturated rings. The zero-order valence-electron chi connectivity index (χ0n) is 12.3. The topological polar surface area (TPSA) is 77.3 Å². The molecule has 2 aromatic rings. The summed E-state index contributed by atoms with van der Waals surface area (Å²) in [6, 6.07) is 3.68. The number of nitrogen functional groups attached to an aromatic ring is 1. The normalized spacial score (nSPS) is 21.7. The number of halogens is 1. The van der Waals surface area contributed by atoms with Crippen molar-refractivity contribution < 1.29 is 4.39 Å². The molecule has 2 heterocycles. The summed E-state index contributed by atoms with van der Waals surface area (Å²) >= 11 is 0. The van der Waals surface area contributed by atoms with E-state index in [0.717, 1.165) is 24.8 Å². The molecule has 0 bridgehead atoms. The lowest BCUT2D eigenvalue weighted by molar-refractivity contribution is 0.628. The first-order valence-corrected chi connectivity index (χ1v) is 7.69. The Kier molecular flexibility index (Phi) is 2.91. The van der Waals surface area contributed by atoms with Gasteiger partial charge in [-0.1, -0.05) is 0 Å². The van der Waals surface area contributed by atoms with Crippen molar-refractivity contribution in [1.29, 1.82) is 0 Å². The molecule has 1 atom stereocenters. The molecule has 0 amide bonds. The van der Waals surface area contributed by atoms with Crippen LogP contribution in [0, 0.1) is 5.82 Å². The van der Waals surface area contributed by atoms with Crippen molar-refractivity contribution in [2.45, 2.75) is 31.3 Å². The van der Waals surface area contributed by atoms with Crippen molar-refractivity contribution in [1.82, 2.24) is 4.57 Å². The molecule has 4 N–H and O–H groups in total. The van der Waals surface area contributed by atoms with Gasteiger partial charge in [-0.05, 0) is 25.3 Å². The molecule has 116 valence electrons. The fourth-order valence-electron chi connectivity index (χ4n) is 3.33. The van der Waals surface area contributed by atoms with Crippen LogP contribution in [0.3, 0.4) is 0 Å². The van der Waals surface area contributed by atoms with Crippen LogP contribution in [-0.4, -0.2) is 23.7 Å². The van der Waals surface area contributed by atoms with E-state index in [-0.39, 0.29) is 17.2 Å². The number of hydrogen-bond donors (Lipinski definition) is 2. The first-order chi connectivity index (χ1) is 10.6. The quantitative estimate of drug-likeness (QED) is 0.826. The van der Waals surface area contributed by atoms with E-state index in [2.05, 4.69) is 0 Å². The molecule has 1 aromatic carbocycles. The van der Waals surface area contributed by atoms with Crippen LogP contribution in [0.15, 0.2) is 23.1 Å². The molecule has 1 aliphatic heterocycles. The van der Waals surface area contributed by atoms with Crippen molar-refractivity contribution in [2.75, 3.05) is 23.7 Å². The Bertz CT molecular complexity index is 812. The number of nitrogens with zero attached hydrogens (tertiary/aromatic N) is 2. The van der Waals surface area contributed by atoms with Crippen LogP contribution in [-0.2, 0) is 0 Å². The number of aromatic nitrogens is 1. The third kappa shape index (κ3) is 1.98.